The van der Waals surface area contributed by atoms with Gasteiger partial charge in [0.05, 0.1) is 12.1 Å². The first kappa shape index (κ1) is 19.7. The Morgan fingerprint density at radius 1 is 1.22 bits per heavy atom. The van der Waals surface area contributed by atoms with Crippen LogP contribution in [0.15, 0.2) is 0 Å². The fourth-order valence-electron chi connectivity index (χ4n) is 2.50. The van der Waals surface area contributed by atoms with Gasteiger partial charge in [0, 0.05) is 13.1 Å². The summed E-state index contributed by atoms with van der Waals surface area (Å²) >= 11 is 0. The van der Waals surface area contributed by atoms with Crippen molar-refractivity contribution in [2.45, 2.75) is 78.5 Å². The molecular formula is C17H33N3O3. The van der Waals surface area contributed by atoms with Crippen molar-refractivity contribution in [1.29, 1.82) is 0 Å². The number of hydrogen-bond donors (Lipinski definition) is 2. The molecule has 0 aromatic heterocycles. The molecule has 23 heavy (non-hydrogen) atoms. The molecule has 1 fully saturated rings. The van der Waals surface area contributed by atoms with Gasteiger partial charge >= 0.3 is 6.09 Å². The van der Waals surface area contributed by atoms with E-state index in [9.17, 15) is 9.59 Å². The first-order valence-electron chi connectivity index (χ1n) is 8.45. The number of amides is 2. The van der Waals surface area contributed by atoms with Crippen LogP contribution in [0.3, 0.4) is 0 Å². The third-order valence-electron chi connectivity index (χ3n) is 3.98. The lowest BCUT2D eigenvalue weighted by Crippen LogP contribution is -2.54. The maximum Gasteiger partial charge on any atom is 0.410 e. The lowest BCUT2D eigenvalue weighted by molar-refractivity contribution is -0.124. The standard InChI is InChI=1S/C17H33N3O3/c1-16(2,3)13(18)14(21)19-11-12-9-7-8-10-20(12)15(22)23-17(4,5)6/h12-13H,7-11,18H2,1-6H3,(H,19,21)/t12-,13+/m0/s1. The van der Waals surface area contributed by atoms with Crippen LogP contribution < -0.4 is 11.1 Å². The summed E-state index contributed by atoms with van der Waals surface area (Å²) in [6, 6.07) is -0.601. The Labute approximate surface area is 140 Å². The number of nitrogens with two attached hydrogens (primary N) is 1. The van der Waals surface area contributed by atoms with Crippen LogP contribution in [0.2, 0.25) is 0 Å². The van der Waals surface area contributed by atoms with Crippen molar-refractivity contribution >= 4 is 12.0 Å². The number of rotatable bonds is 3. The molecule has 2 atom stereocenters. The van der Waals surface area contributed by atoms with Crippen LogP contribution in [0.5, 0.6) is 0 Å². The number of carbonyl (C=O) groups is 2. The first-order chi connectivity index (χ1) is 10.4. The van der Waals surface area contributed by atoms with E-state index in [1.54, 1.807) is 4.90 Å². The first-order valence-corrected chi connectivity index (χ1v) is 8.45. The summed E-state index contributed by atoms with van der Waals surface area (Å²) in [6.45, 7) is 12.5. The highest BCUT2D eigenvalue weighted by Crippen LogP contribution is 2.21. The van der Waals surface area contributed by atoms with Gasteiger partial charge in [-0.1, -0.05) is 20.8 Å². The molecule has 1 heterocycles. The van der Waals surface area contributed by atoms with E-state index >= 15 is 0 Å². The van der Waals surface area contributed by atoms with Crippen molar-refractivity contribution in [2.75, 3.05) is 13.1 Å². The molecule has 6 nitrogen and oxygen atoms in total. The molecular weight excluding hydrogens is 294 g/mol. The predicted molar refractivity (Wildman–Crippen MR) is 91.0 cm³/mol. The Hall–Kier alpha value is -1.30. The highest BCUT2D eigenvalue weighted by atomic mass is 16.6. The zero-order valence-electron chi connectivity index (χ0n) is 15.4. The van der Waals surface area contributed by atoms with Crippen LogP contribution in [0.4, 0.5) is 4.79 Å². The van der Waals surface area contributed by atoms with Gasteiger partial charge in [0.15, 0.2) is 0 Å². The minimum absolute atomic E-state index is 0.0327. The second kappa shape index (κ2) is 7.51. The van der Waals surface area contributed by atoms with Gasteiger partial charge < -0.3 is 20.7 Å². The minimum atomic E-state index is -0.568. The number of nitrogens with one attached hydrogen (secondary N) is 1. The molecule has 0 radical (unpaired) electrons. The van der Waals surface area contributed by atoms with Crippen molar-refractivity contribution in [2.24, 2.45) is 11.1 Å². The van der Waals surface area contributed by atoms with E-state index in [0.717, 1.165) is 19.3 Å². The van der Waals surface area contributed by atoms with E-state index < -0.39 is 11.6 Å². The molecule has 0 unspecified atom stereocenters. The molecule has 1 aliphatic rings. The molecule has 0 aliphatic carbocycles. The highest BCUT2D eigenvalue weighted by Gasteiger charge is 2.32. The van der Waals surface area contributed by atoms with Gasteiger partial charge in [-0.2, -0.15) is 0 Å². The normalized spacial score (nSPS) is 20.8. The number of carbonyl (C=O) groups excluding carboxylic acids is 2. The fourth-order valence-corrected chi connectivity index (χ4v) is 2.50. The minimum Gasteiger partial charge on any atom is -0.444 e. The van der Waals surface area contributed by atoms with Crippen molar-refractivity contribution < 1.29 is 14.3 Å². The highest BCUT2D eigenvalue weighted by molar-refractivity contribution is 5.82. The number of hydrogen-bond acceptors (Lipinski definition) is 4. The maximum atomic E-state index is 12.3. The smallest absolute Gasteiger partial charge is 0.410 e. The van der Waals surface area contributed by atoms with Gasteiger partial charge in [-0.15, -0.1) is 0 Å². The number of piperidine rings is 1. The Morgan fingerprint density at radius 3 is 2.35 bits per heavy atom. The monoisotopic (exact) mass is 327 g/mol. The van der Waals surface area contributed by atoms with E-state index in [2.05, 4.69) is 5.32 Å². The number of ether oxygens (including phenoxy) is 1. The van der Waals surface area contributed by atoms with Crippen LogP contribution >= 0.6 is 0 Å². The Balaban J connectivity index is 2.62. The van der Waals surface area contributed by atoms with Crippen LogP contribution in [0.1, 0.15) is 60.8 Å². The van der Waals surface area contributed by atoms with Crippen LogP contribution in [0.25, 0.3) is 0 Å². The summed E-state index contributed by atoms with van der Waals surface area (Å²) in [4.78, 5) is 26.2. The molecule has 0 aromatic carbocycles. The summed E-state index contributed by atoms with van der Waals surface area (Å²) in [6.07, 6.45) is 2.57. The van der Waals surface area contributed by atoms with E-state index in [1.807, 2.05) is 41.5 Å². The summed E-state index contributed by atoms with van der Waals surface area (Å²) in [5, 5.41) is 2.89. The van der Waals surface area contributed by atoms with Gasteiger partial charge in [-0.05, 0) is 45.4 Å². The molecule has 2 amide bonds. The second-order valence-electron chi connectivity index (χ2n) is 8.41. The maximum absolute atomic E-state index is 12.3. The zero-order chi connectivity index (χ0) is 17.8. The summed E-state index contributed by atoms with van der Waals surface area (Å²) in [5.41, 5.74) is 5.16. The van der Waals surface area contributed by atoms with Gasteiger partial charge in [0.25, 0.3) is 0 Å². The van der Waals surface area contributed by atoms with Crippen LogP contribution in [-0.4, -0.2) is 47.7 Å². The average Bonchev–Trinajstić information content (AvgIpc) is 2.41. The van der Waals surface area contributed by atoms with Crippen molar-refractivity contribution in [3.05, 3.63) is 0 Å². The molecule has 0 aromatic rings. The van der Waals surface area contributed by atoms with Crippen LogP contribution in [0, 0.1) is 5.41 Å². The SMILES string of the molecule is CC(C)(C)OC(=O)N1CCCC[C@H]1CNC(=O)[C@@H](N)C(C)(C)C. The van der Waals surface area contributed by atoms with Gasteiger partial charge in [0.2, 0.25) is 5.91 Å². The van der Waals surface area contributed by atoms with Gasteiger partial charge in [0.1, 0.15) is 5.60 Å². The summed E-state index contributed by atoms with van der Waals surface area (Å²) < 4.78 is 5.47. The summed E-state index contributed by atoms with van der Waals surface area (Å²) in [5.74, 6) is -0.174. The molecule has 6 heteroatoms. The van der Waals surface area contributed by atoms with E-state index in [1.165, 1.54) is 0 Å². The number of likely N-dealkylation sites (tertiary alicyclic amines) is 1. The Bertz CT molecular complexity index is 424. The fraction of sp³-hybridized carbons (Fsp3) is 0.882. The van der Waals surface area contributed by atoms with E-state index in [0.29, 0.717) is 13.1 Å². The average molecular weight is 327 g/mol. The van der Waals surface area contributed by atoms with Gasteiger partial charge in [-0.3, -0.25) is 4.79 Å². The molecule has 134 valence electrons. The Kier molecular flexibility index (Phi) is 6.45. The van der Waals surface area contributed by atoms with Crippen molar-refractivity contribution in [1.82, 2.24) is 10.2 Å². The molecule has 0 bridgehead atoms. The quantitative estimate of drug-likeness (QED) is 0.833. The summed E-state index contributed by atoms with van der Waals surface area (Å²) in [7, 11) is 0. The topological polar surface area (TPSA) is 84.7 Å². The lowest BCUT2D eigenvalue weighted by Gasteiger charge is -2.37. The molecule has 0 spiro atoms. The second-order valence-corrected chi connectivity index (χ2v) is 8.41. The molecule has 0 saturated carbocycles. The third-order valence-corrected chi connectivity index (χ3v) is 3.98. The third kappa shape index (κ3) is 6.37. The molecule has 1 aliphatic heterocycles. The van der Waals surface area contributed by atoms with E-state index in [-0.39, 0.29) is 23.5 Å². The lowest BCUT2D eigenvalue weighted by atomic mass is 9.87. The predicted octanol–water partition coefficient (Wildman–Crippen LogP) is 2.27. The van der Waals surface area contributed by atoms with Crippen LogP contribution in [-0.2, 0) is 9.53 Å². The zero-order valence-corrected chi connectivity index (χ0v) is 15.4. The Morgan fingerprint density at radius 2 is 1.83 bits per heavy atom. The van der Waals surface area contributed by atoms with Crippen molar-refractivity contribution in [3.63, 3.8) is 0 Å². The van der Waals surface area contributed by atoms with E-state index in [4.69, 9.17) is 10.5 Å². The number of nitrogens with zero attached hydrogens (tertiary/aromatic N) is 1. The molecule has 3 N–H and O–H groups in total. The van der Waals surface area contributed by atoms with Crippen molar-refractivity contribution in [3.8, 4) is 0 Å². The molecule has 1 saturated heterocycles. The van der Waals surface area contributed by atoms with Gasteiger partial charge in [-0.25, -0.2) is 4.79 Å². The molecule has 1 rings (SSSR count). The largest absolute Gasteiger partial charge is 0.444 e.